The van der Waals surface area contributed by atoms with Gasteiger partial charge >= 0.3 is 5.97 Å². The van der Waals surface area contributed by atoms with E-state index in [1.165, 1.54) is 0 Å². The number of nitrogens with two attached hydrogens (primary N) is 1. The summed E-state index contributed by atoms with van der Waals surface area (Å²) < 4.78 is 31.2. The number of nitrogen functional groups attached to an aromatic ring is 1. The van der Waals surface area contributed by atoms with Crippen molar-refractivity contribution >= 4 is 11.7 Å². The predicted octanol–water partition coefficient (Wildman–Crippen LogP) is 1.87. The molecule has 0 radical (unpaired) electrons. The van der Waals surface area contributed by atoms with Crippen molar-refractivity contribution in [3.63, 3.8) is 0 Å². The maximum absolute atomic E-state index is 13.3. The molecular formula is C12H15F2NO3. The molecule has 100 valence electrons. The van der Waals surface area contributed by atoms with Crippen LogP contribution < -0.4 is 5.73 Å². The molecule has 1 aromatic rings. The number of esters is 1. The Morgan fingerprint density at radius 2 is 1.94 bits per heavy atom. The average molecular weight is 259 g/mol. The van der Waals surface area contributed by atoms with Crippen LogP contribution in [0.5, 0.6) is 0 Å². The van der Waals surface area contributed by atoms with E-state index in [0.717, 1.165) is 12.1 Å². The minimum Gasteiger partial charge on any atom is -0.462 e. The van der Waals surface area contributed by atoms with Crippen molar-refractivity contribution in [3.8, 4) is 0 Å². The molecule has 0 amide bonds. The Hall–Kier alpha value is -1.69. The number of halogens is 2. The highest BCUT2D eigenvalue weighted by Crippen LogP contribution is 2.17. The lowest BCUT2D eigenvalue weighted by Gasteiger charge is -2.06. The molecule has 0 aromatic heterocycles. The van der Waals surface area contributed by atoms with Crippen LogP contribution >= 0.6 is 0 Å². The van der Waals surface area contributed by atoms with Crippen molar-refractivity contribution in [1.82, 2.24) is 0 Å². The van der Waals surface area contributed by atoms with Crippen LogP contribution in [-0.4, -0.2) is 24.3 Å². The number of hydrogen-bond donors (Lipinski definition) is 2. The number of anilines is 1. The number of aliphatic hydroxyl groups is 1. The number of hydrogen-bond acceptors (Lipinski definition) is 4. The summed E-state index contributed by atoms with van der Waals surface area (Å²) in [5, 5.41) is 8.53. The molecule has 0 spiro atoms. The molecule has 0 aliphatic carbocycles. The molecule has 18 heavy (non-hydrogen) atoms. The van der Waals surface area contributed by atoms with Crippen LogP contribution in [0.25, 0.3) is 0 Å². The fourth-order valence-corrected chi connectivity index (χ4v) is 1.35. The first kappa shape index (κ1) is 14.4. The highest BCUT2D eigenvalue weighted by molar-refractivity contribution is 5.90. The van der Waals surface area contributed by atoms with Gasteiger partial charge in [0.25, 0.3) is 0 Å². The van der Waals surface area contributed by atoms with Crippen LogP contribution in [0.4, 0.5) is 14.5 Å². The molecule has 1 aromatic carbocycles. The van der Waals surface area contributed by atoms with Gasteiger partial charge in [-0.25, -0.2) is 13.6 Å². The quantitative estimate of drug-likeness (QED) is 0.464. The third kappa shape index (κ3) is 3.96. The van der Waals surface area contributed by atoms with E-state index in [-0.39, 0.29) is 18.9 Å². The second kappa shape index (κ2) is 6.90. The first-order chi connectivity index (χ1) is 8.56. The topological polar surface area (TPSA) is 72.6 Å². The van der Waals surface area contributed by atoms with Gasteiger partial charge in [0.2, 0.25) is 0 Å². The zero-order chi connectivity index (χ0) is 13.5. The van der Waals surface area contributed by atoms with Gasteiger partial charge in [-0.3, -0.25) is 0 Å². The molecule has 0 aliphatic rings. The monoisotopic (exact) mass is 259 g/mol. The van der Waals surface area contributed by atoms with Crippen LogP contribution in [0.1, 0.15) is 29.6 Å². The van der Waals surface area contributed by atoms with Gasteiger partial charge in [0.1, 0.15) is 11.6 Å². The van der Waals surface area contributed by atoms with Gasteiger partial charge in [0.05, 0.1) is 17.9 Å². The molecule has 1 rings (SSSR count). The summed E-state index contributed by atoms with van der Waals surface area (Å²) in [7, 11) is 0. The first-order valence-electron chi connectivity index (χ1n) is 5.58. The second-order valence-electron chi connectivity index (χ2n) is 3.77. The van der Waals surface area contributed by atoms with Gasteiger partial charge in [0.15, 0.2) is 0 Å². The van der Waals surface area contributed by atoms with Gasteiger partial charge < -0.3 is 15.6 Å². The SMILES string of the molecule is Nc1cc(F)c(C(=O)OCCCCCO)cc1F. The molecule has 0 heterocycles. The molecule has 0 fully saturated rings. The molecule has 3 N–H and O–H groups in total. The molecule has 0 saturated heterocycles. The molecule has 0 saturated carbocycles. The van der Waals surface area contributed by atoms with Gasteiger partial charge in [-0.1, -0.05) is 0 Å². The fourth-order valence-electron chi connectivity index (χ4n) is 1.35. The van der Waals surface area contributed by atoms with E-state index in [1.807, 2.05) is 0 Å². The summed E-state index contributed by atoms with van der Waals surface area (Å²) in [5.74, 6) is -2.69. The lowest BCUT2D eigenvalue weighted by atomic mass is 10.2. The van der Waals surface area contributed by atoms with Crippen LogP contribution in [0.15, 0.2) is 12.1 Å². The minimum atomic E-state index is -0.921. The van der Waals surface area contributed by atoms with Gasteiger partial charge in [0, 0.05) is 12.7 Å². The van der Waals surface area contributed by atoms with E-state index >= 15 is 0 Å². The zero-order valence-electron chi connectivity index (χ0n) is 9.79. The number of carbonyl (C=O) groups is 1. The van der Waals surface area contributed by atoms with Crippen molar-refractivity contribution in [3.05, 3.63) is 29.3 Å². The molecular weight excluding hydrogens is 244 g/mol. The highest BCUT2D eigenvalue weighted by atomic mass is 19.1. The van der Waals surface area contributed by atoms with E-state index in [0.29, 0.717) is 19.3 Å². The van der Waals surface area contributed by atoms with E-state index in [1.54, 1.807) is 0 Å². The van der Waals surface area contributed by atoms with Gasteiger partial charge in [-0.2, -0.15) is 0 Å². The summed E-state index contributed by atoms with van der Waals surface area (Å²) in [6, 6.07) is 1.47. The summed E-state index contributed by atoms with van der Waals surface area (Å²) >= 11 is 0. The molecule has 0 aliphatic heterocycles. The Morgan fingerprint density at radius 3 is 2.61 bits per heavy atom. The summed E-state index contributed by atoms with van der Waals surface area (Å²) in [6.07, 6.45) is 1.87. The third-order valence-electron chi connectivity index (χ3n) is 2.34. The largest absolute Gasteiger partial charge is 0.462 e. The van der Waals surface area contributed by atoms with Gasteiger partial charge in [-0.05, 0) is 25.3 Å². The van der Waals surface area contributed by atoms with Crippen molar-refractivity contribution in [2.75, 3.05) is 18.9 Å². The summed E-state index contributed by atoms with van der Waals surface area (Å²) in [6.45, 7) is 0.177. The molecule has 0 atom stereocenters. The lowest BCUT2D eigenvalue weighted by molar-refractivity contribution is 0.0491. The van der Waals surface area contributed by atoms with Crippen LogP contribution in [0.2, 0.25) is 0 Å². The predicted molar refractivity (Wildman–Crippen MR) is 62.0 cm³/mol. The smallest absolute Gasteiger partial charge is 0.341 e. The van der Waals surface area contributed by atoms with Gasteiger partial charge in [-0.15, -0.1) is 0 Å². The number of rotatable bonds is 6. The van der Waals surface area contributed by atoms with E-state index in [2.05, 4.69) is 0 Å². The maximum Gasteiger partial charge on any atom is 0.341 e. The summed E-state index contributed by atoms with van der Waals surface area (Å²) in [4.78, 5) is 11.4. The van der Waals surface area contributed by atoms with E-state index in [9.17, 15) is 13.6 Å². The minimum absolute atomic E-state index is 0.0751. The second-order valence-corrected chi connectivity index (χ2v) is 3.77. The van der Waals surface area contributed by atoms with E-state index in [4.69, 9.17) is 15.6 Å². The number of ether oxygens (including phenoxy) is 1. The van der Waals surface area contributed by atoms with Crippen molar-refractivity contribution in [2.45, 2.75) is 19.3 Å². The van der Waals surface area contributed by atoms with Crippen LogP contribution in [0.3, 0.4) is 0 Å². The van der Waals surface area contributed by atoms with Crippen molar-refractivity contribution < 1.29 is 23.4 Å². The Kier molecular flexibility index (Phi) is 5.51. The van der Waals surface area contributed by atoms with Crippen LogP contribution in [0, 0.1) is 11.6 Å². The normalized spacial score (nSPS) is 10.4. The van der Waals surface area contributed by atoms with E-state index < -0.39 is 23.2 Å². The fraction of sp³-hybridized carbons (Fsp3) is 0.417. The summed E-state index contributed by atoms with van der Waals surface area (Å²) in [5.41, 5.74) is 4.33. The maximum atomic E-state index is 13.3. The third-order valence-corrected chi connectivity index (χ3v) is 2.34. The number of benzene rings is 1. The average Bonchev–Trinajstić information content (AvgIpc) is 2.33. The standard InChI is InChI=1S/C12H15F2NO3/c13-9-7-11(15)10(14)6-8(9)12(17)18-5-3-1-2-4-16/h6-7,16H,1-5,15H2. The number of aliphatic hydroxyl groups excluding tert-OH is 1. The van der Waals surface area contributed by atoms with Crippen molar-refractivity contribution in [1.29, 1.82) is 0 Å². The Bertz CT molecular complexity index is 424. The zero-order valence-corrected chi connectivity index (χ0v) is 9.79. The Balaban J connectivity index is 2.54. The molecule has 0 bridgehead atoms. The van der Waals surface area contributed by atoms with Crippen LogP contribution in [-0.2, 0) is 4.74 Å². The van der Waals surface area contributed by atoms with Crippen molar-refractivity contribution in [2.24, 2.45) is 0 Å². The lowest BCUT2D eigenvalue weighted by Crippen LogP contribution is -2.10. The molecule has 4 nitrogen and oxygen atoms in total. The highest BCUT2D eigenvalue weighted by Gasteiger charge is 2.16. The molecule has 0 unspecified atom stereocenters. The first-order valence-corrected chi connectivity index (χ1v) is 5.58. The Labute approximate surface area is 103 Å². The Morgan fingerprint density at radius 1 is 1.22 bits per heavy atom. The number of unbranched alkanes of at least 4 members (excludes halogenated alkanes) is 2. The molecule has 6 heteroatoms. The number of carbonyl (C=O) groups excluding carboxylic acids is 1.